The molecule has 0 amide bonds. The van der Waals surface area contributed by atoms with Crippen molar-refractivity contribution in [1.82, 2.24) is 0 Å². The normalized spacial score (nSPS) is 10.4. The van der Waals surface area contributed by atoms with Gasteiger partial charge in [-0.15, -0.1) is 0 Å². The Hall–Kier alpha value is -1.18. The van der Waals surface area contributed by atoms with Gasteiger partial charge in [-0.25, -0.2) is 0 Å². The lowest BCUT2D eigenvalue weighted by Gasteiger charge is -2.10. The third-order valence-corrected chi connectivity index (χ3v) is 1.76. The standard InChI is InChI=1S/C12H17O2/c1-9(2)8-14-12-6-10(3)5-11(7-12)13-4/h5-7,9H,3,8H2,1-2,4H3. The van der Waals surface area contributed by atoms with Gasteiger partial charge >= 0.3 is 0 Å². The predicted octanol–water partition coefficient (Wildman–Crippen LogP) is 2.91. The van der Waals surface area contributed by atoms with Gasteiger partial charge in [-0.05, 0) is 30.5 Å². The second kappa shape index (κ2) is 4.89. The fraction of sp³-hybridized carbons (Fsp3) is 0.417. The fourth-order valence-electron chi connectivity index (χ4n) is 1.09. The first-order valence-electron chi connectivity index (χ1n) is 4.75. The molecule has 1 rings (SSSR count). The van der Waals surface area contributed by atoms with Crippen LogP contribution < -0.4 is 9.47 Å². The fourth-order valence-corrected chi connectivity index (χ4v) is 1.09. The molecule has 0 atom stereocenters. The molecule has 0 bridgehead atoms. The summed E-state index contributed by atoms with van der Waals surface area (Å²) >= 11 is 0. The van der Waals surface area contributed by atoms with E-state index in [2.05, 4.69) is 20.8 Å². The van der Waals surface area contributed by atoms with Crippen LogP contribution in [0.25, 0.3) is 0 Å². The summed E-state index contributed by atoms with van der Waals surface area (Å²) in [5.41, 5.74) is 0.906. The maximum atomic E-state index is 5.57. The average molecular weight is 193 g/mol. The van der Waals surface area contributed by atoms with Crippen LogP contribution in [0.3, 0.4) is 0 Å². The zero-order valence-corrected chi connectivity index (χ0v) is 9.04. The quantitative estimate of drug-likeness (QED) is 0.732. The van der Waals surface area contributed by atoms with Gasteiger partial charge in [0.1, 0.15) is 11.5 Å². The Morgan fingerprint density at radius 3 is 2.43 bits per heavy atom. The van der Waals surface area contributed by atoms with Crippen molar-refractivity contribution >= 4 is 0 Å². The zero-order valence-electron chi connectivity index (χ0n) is 9.04. The maximum absolute atomic E-state index is 5.57. The van der Waals surface area contributed by atoms with Crippen molar-refractivity contribution in [2.24, 2.45) is 5.92 Å². The van der Waals surface area contributed by atoms with E-state index in [4.69, 9.17) is 9.47 Å². The van der Waals surface area contributed by atoms with Gasteiger partial charge < -0.3 is 9.47 Å². The van der Waals surface area contributed by atoms with E-state index >= 15 is 0 Å². The van der Waals surface area contributed by atoms with Crippen LogP contribution in [0.1, 0.15) is 19.4 Å². The molecule has 0 fully saturated rings. The van der Waals surface area contributed by atoms with Gasteiger partial charge in [0.15, 0.2) is 0 Å². The number of ether oxygens (including phenoxy) is 2. The molecule has 1 radical (unpaired) electrons. The van der Waals surface area contributed by atoms with Crippen molar-refractivity contribution in [1.29, 1.82) is 0 Å². The molecule has 0 saturated heterocycles. The van der Waals surface area contributed by atoms with Gasteiger partial charge in [0.2, 0.25) is 0 Å². The number of hydrogen-bond acceptors (Lipinski definition) is 2. The zero-order chi connectivity index (χ0) is 10.6. The van der Waals surface area contributed by atoms with Crippen molar-refractivity contribution in [3.8, 4) is 11.5 Å². The summed E-state index contributed by atoms with van der Waals surface area (Å²) in [7, 11) is 1.64. The number of hydrogen-bond donors (Lipinski definition) is 0. The highest BCUT2D eigenvalue weighted by molar-refractivity contribution is 5.39. The molecular formula is C12H17O2. The van der Waals surface area contributed by atoms with E-state index in [0.717, 1.165) is 17.1 Å². The Bertz CT molecular complexity index is 292. The van der Waals surface area contributed by atoms with Crippen molar-refractivity contribution < 1.29 is 9.47 Å². The molecule has 0 unspecified atom stereocenters. The van der Waals surface area contributed by atoms with Crippen LogP contribution in [0.15, 0.2) is 18.2 Å². The first-order chi connectivity index (χ1) is 6.61. The summed E-state index contributed by atoms with van der Waals surface area (Å²) in [6.07, 6.45) is 0. The Labute approximate surface area is 85.8 Å². The molecular weight excluding hydrogens is 176 g/mol. The van der Waals surface area contributed by atoms with Crippen molar-refractivity contribution in [3.63, 3.8) is 0 Å². The summed E-state index contributed by atoms with van der Waals surface area (Å²) in [6.45, 7) is 8.80. The van der Waals surface area contributed by atoms with E-state index in [1.807, 2.05) is 18.2 Å². The molecule has 0 saturated carbocycles. The number of rotatable bonds is 4. The van der Waals surface area contributed by atoms with Crippen LogP contribution >= 0.6 is 0 Å². The Morgan fingerprint density at radius 2 is 1.86 bits per heavy atom. The SMILES string of the molecule is [CH2]c1cc(OC)cc(OCC(C)C)c1. The average Bonchev–Trinajstić information content (AvgIpc) is 2.14. The monoisotopic (exact) mass is 193 g/mol. The molecule has 0 aliphatic heterocycles. The predicted molar refractivity (Wildman–Crippen MR) is 57.8 cm³/mol. The highest BCUT2D eigenvalue weighted by atomic mass is 16.5. The van der Waals surface area contributed by atoms with Crippen LogP contribution in [0.5, 0.6) is 11.5 Å². The lowest BCUT2D eigenvalue weighted by molar-refractivity contribution is 0.269. The smallest absolute Gasteiger partial charge is 0.123 e. The third kappa shape index (κ3) is 3.29. The molecule has 0 N–H and O–H groups in total. The first-order valence-corrected chi connectivity index (χ1v) is 4.75. The molecule has 0 aliphatic carbocycles. The highest BCUT2D eigenvalue weighted by Crippen LogP contribution is 2.22. The highest BCUT2D eigenvalue weighted by Gasteiger charge is 2.00. The molecule has 0 spiro atoms. The first kappa shape index (κ1) is 10.9. The molecule has 2 nitrogen and oxygen atoms in total. The summed E-state index contributed by atoms with van der Waals surface area (Å²) in [6, 6.07) is 5.66. The summed E-state index contributed by atoms with van der Waals surface area (Å²) in [5, 5.41) is 0. The molecule has 0 heterocycles. The summed E-state index contributed by atoms with van der Waals surface area (Å²) in [5.74, 6) is 2.13. The summed E-state index contributed by atoms with van der Waals surface area (Å²) < 4.78 is 10.7. The largest absolute Gasteiger partial charge is 0.497 e. The Morgan fingerprint density at radius 1 is 1.21 bits per heavy atom. The molecule has 77 valence electrons. The van der Waals surface area contributed by atoms with Gasteiger partial charge in [0, 0.05) is 6.07 Å². The third-order valence-electron chi connectivity index (χ3n) is 1.76. The second-order valence-corrected chi connectivity index (χ2v) is 3.72. The van der Waals surface area contributed by atoms with E-state index in [-0.39, 0.29) is 0 Å². The van der Waals surface area contributed by atoms with E-state index in [1.54, 1.807) is 7.11 Å². The topological polar surface area (TPSA) is 18.5 Å². The number of methoxy groups -OCH3 is 1. The lowest BCUT2D eigenvalue weighted by Crippen LogP contribution is -2.04. The van der Waals surface area contributed by atoms with Crippen LogP contribution in [0.2, 0.25) is 0 Å². The Kier molecular flexibility index (Phi) is 3.81. The molecule has 1 aromatic rings. The molecule has 14 heavy (non-hydrogen) atoms. The van der Waals surface area contributed by atoms with Crippen molar-refractivity contribution in [3.05, 3.63) is 30.7 Å². The van der Waals surface area contributed by atoms with Crippen molar-refractivity contribution in [2.75, 3.05) is 13.7 Å². The number of benzene rings is 1. The maximum Gasteiger partial charge on any atom is 0.123 e. The van der Waals surface area contributed by atoms with E-state index in [9.17, 15) is 0 Å². The van der Waals surface area contributed by atoms with Crippen LogP contribution in [0, 0.1) is 12.8 Å². The minimum absolute atomic E-state index is 0.523. The molecule has 2 heteroatoms. The van der Waals surface area contributed by atoms with Gasteiger partial charge in [-0.2, -0.15) is 0 Å². The molecule has 0 aliphatic rings. The van der Waals surface area contributed by atoms with Gasteiger partial charge in [0.05, 0.1) is 13.7 Å². The van der Waals surface area contributed by atoms with E-state index in [0.29, 0.717) is 12.5 Å². The second-order valence-electron chi connectivity index (χ2n) is 3.72. The molecule has 0 aromatic heterocycles. The van der Waals surface area contributed by atoms with Gasteiger partial charge in [0.25, 0.3) is 0 Å². The minimum Gasteiger partial charge on any atom is -0.497 e. The summed E-state index contributed by atoms with van der Waals surface area (Å²) in [4.78, 5) is 0. The van der Waals surface area contributed by atoms with E-state index in [1.165, 1.54) is 0 Å². The van der Waals surface area contributed by atoms with Gasteiger partial charge in [-0.1, -0.05) is 13.8 Å². The van der Waals surface area contributed by atoms with Crippen molar-refractivity contribution in [2.45, 2.75) is 13.8 Å². The van der Waals surface area contributed by atoms with Crippen LogP contribution in [-0.2, 0) is 0 Å². The van der Waals surface area contributed by atoms with Crippen LogP contribution in [0.4, 0.5) is 0 Å². The van der Waals surface area contributed by atoms with Gasteiger partial charge in [-0.3, -0.25) is 0 Å². The van der Waals surface area contributed by atoms with E-state index < -0.39 is 0 Å². The minimum atomic E-state index is 0.523. The lowest BCUT2D eigenvalue weighted by atomic mass is 10.2. The van der Waals surface area contributed by atoms with Crippen LogP contribution in [-0.4, -0.2) is 13.7 Å². The molecule has 1 aromatic carbocycles. The Balaban J connectivity index is 2.71.